The van der Waals surface area contributed by atoms with Crippen molar-refractivity contribution in [1.82, 2.24) is 5.32 Å². The smallest absolute Gasteiger partial charge is 0.311 e. The van der Waals surface area contributed by atoms with Gasteiger partial charge in [-0.05, 0) is 41.7 Å². The van der Waals surface area contributed by atoms with Gasteiger partial charge in [0.2, 0.25) is 0 Å². The molecular formula is C22H21ClN2O2. The maximum Gasteiger partial charge on any atom is 0.311 e. The lowest BCUT2D eigenvalue weighted by Gasteiger charge is -2.59. The fraction of sp³-hybridized carbons (Fsp3) is 0.364. The van der Waals surface area contributed by atoms with Gasteiger partial charge in [-0.2, -0.15) is 5.26 Å². The Labute approximate surface area is 164 Å². The third kappa shape index (κ3) is 2.04. The van der Waals surface area contributed by atoms with E-state index in [1.165, 1.54) is 11.1 Å². The first-order valence-corrected chi connectivity index (χ1v) is 9.19. The largest absolute Gasteiger partial charge is 0.481 e. The fourth-order valence-corrected chi connectivity index (χ4v) is 6.19. The third-order valence-electron chi connectivity index (χ3n) is 7.18. The SMILES string of the molecule is Cl.N#Cc1ccc(C23CCC(c4ccccc42)C2(C(=O)O)CNCC32)cc1. The second-order valence-electron chi connectivity index (χ2n) is 7.87. The minimum Gasteiger partial charge on any atom is -0.481 e. The molecule has 2 bridgehead atoms. The minimum absolute atomic E-state index is 0. The number of benzene rings is 2. The van der Waals surface area contributed by atoms with Crippen LogP contribution in [-0.4, -0.2) is 24.2 Å². The van der Waals surface area contributed by atoms with Crippen molar-refractivity contribution in [1.29, 1.82) is 5.26 Å². The molecular weight excluding hydrogens is 360 g/mol. The molecule has 4 nitrogen and oxygen atoms in total. The number of carboxylic acids is 1. The summed E-state index contributed by atoms with van der Waals surface area (Å²) in [6.07, 6.45) is 1.85. The number of aliphatic carboxylic acids is 1. The molecule has 5 heteroatoms. The molecule has 27 heavy (non-hydrogen) atoms. The van der Waals surface area contributed by atoms with Gasteiger partial charge in [-0.25, -0.2) is 0 Å². The Kier molecular flexibility index (Phi) is 4.06. The fourth-order valence-electron chi connectivity index (χ4n) is 6.19. The first kappa shape index (κ1) is 18.0. The van der Waals surface area contributed by atoms with Gasteiger partial charge in [0, 0.05) is 30.3 Å². The Bertz CT molecular complexity index is 952. The molecule has 2 aromatic carbocycles. The van der Waals surface area contributed by atoms with Gasteiger partial charge < -0.3 is 10.4 Å². The van der Waals surface area contributed by atoms with E-state index in [-0.39, 0.29) is 29.7 Å². The molecule has 3 aliphatic carbocycles. The normalized spacial score (nSPS) is 32.7. The highest BCUT2D eigenvalue weighted by Crippen LogP contribution is 2.67. The van der Waals surface area contributed by atoms with E-state index in [4.69, 9.17) is 5.26 Å². The van der Waals surface area contributed by atoms with Crippen molar-refractivity contribution in [3.8, 4) is 6.07 Å². The molecule has 1 saturated heterocycles. The third-order valence-corrected chi connectivity index (χ3v) is 7.18. The van der Waals surface area contributed by atoms with Gasteiger partial charge in [0.25, 0.3) is 0 Å². The molecule has 1 heterocycles. The van der Waals surface area contributed by atoms with Crippen LogP contribution in [0.1, 0.15) is 41.0 Å². The zero-order chi connectivity index (χ0) is 17.9. The summed E-state index contributed by atoms with van der Waals surface area (Å²) in [6, 6.07) is 18.4. The zero-order valence-electron chi connectivity index (χ0n) is 14.8. The van der Waals surface area contributed by atoms with Gasteiger partial charge in [0.15, 0.2) is 0 Å². The maximum absolute atomic E-state index is 12.5. The molecule has 138 valence electrons. The average molecular weight is 381 g/mol. The van der Waals surface area contributed by atoms with Gasteiger partial charge in [0.1, 0.15) is 0 Å². The van der Waals surface area contributed by atoms with Gasteiger partial charge in [0.05, 0.1) is 17.0 Å². The van der Waals surface area contributed by atoms with Crippen LogP contribution in [0.5, 0.6) is 0 Å². The minimum atomic E-state index is -0.750. The second-order valence-corrected chi connectivity index (χ2v) is 7.87. The number of nitrogens with one attached hydrogen (secondary N) is 1. The average Bonchev–Trinajstić information content (AvgIpc) is 3.16. The van der Waals surface area contributed by atoms with Crippen molar-refractivity contribution in [3.05, 3.63) is 70.8 Å². The van der Waals surface area contributed by atoms with Crippen molar-refractivity contribution < 1.29 is 9.90 Å². The van der Waals surface area contributed by atoms with E-state index in [9.17, 15) is 9.90 Å². The summed E-state index contributed by atoms with van der Waals surface area (Å²) >= 11 is 0. The number of nitrogens with zero attached hydrogens (tertiary/aromatic N) is 1. The molecule has 0 amide bonds. The lowest BCUT2D eigenvalue weighted by molar-refractivity contribution is -0.157. The van der Waals surface area contributed by atoms with Crippen LogP contribution in [-0.2, 0) is 10.2 Å². The lowest BCUT2D eigenvalue weighted by Crippen LogP contribution is -2.60. The van der Waals surface area contributed by atoms with Crippen LogP contribution in [0.15, 0.2) is 48.5 Å². The molecule has 4 aliphatic rings. The van der Waals surface area contributed by atoms with Crippen molar-refractivity contribution in [2.75, 3.05) is 13.1 Å². The molecule has 0 aromatic heterocycles. The standard InChI is InChI=1S/C22H20N2O2.ClH/c23-11-14-5-7-15(8-6-14)21-10-9-18(16-3-1-2-4-17(16)21)22(20(25)26)13-24-12-19(21)22;/h1-8,18-19,24H,9-10,12-13H2,(H,25,26);1H. The molecule has 6 rings (SSSR count). The highest BCUT2D eigenvalue weighted by atomic mass is 35.5. The van der Waals surface area contributed by atoms with Crippen molar-refractivity contribution in [3.63, 3.8) is 0 Å². The quantitative estimate of drug-likeness (QED) is 0.836. The van der Waals surface area contributed by atoms with Crippen LogP contribution in [0.3, 0.4) is 0 Å². The number of nitriles is 1. The summed E-state index contributed by atoms with van der Waals surface area (Å²) in [6.45, 7) is 1.25. The molecule has 2 aromatic rings. The van der Waals surface area contributed by atoms with Gasteiger partial charge >= 0.3 is 5.97 Å². The maximum atomic E-state index is 12.5. The predicted octanol–water partition coefficient (Wildman–Crippen LogP) is 3.45. The second kappa shape index (κ2) is 6.09. The van der Waals surface area contributed by atoms with E-state index in [1.807, 2.05) is 30.3 Å². The van der Waals surface area contributed by atoms with E-state index in [0.29, 0.717) is 12.1 Å². The highest BCUT2D eigenvalue weighted by molar-refractivity contribution is 5.85. The molecule has 1 saturated carbocycles. The lowest BCUT2D eigenvalue weighted by atomic mass is 9.42. The van der Waals surface area contributed by atoms with Crippen LogP contribution >= 0.6 is 12.4 Å². The molecule has 1 aliphatic heterocycles. The first-order valence-electron chi connectivity index (χ1n) is 9.19. The number of hydrogen-bond acceptors (Lipinski definition) is 3. The van der Waals surface area contributed by atoms with Crippen molar-refractivity contribution in [2.45, 2.75) is 24.2 Å². The Morgan fingerprint density at radius 1 is 1.19 bits per heavy atom. The van der Waals surface area contributed by atoms with Crippen molar-refractivity contribution >= 4 is 18.4 Å². The summed E-state index contributed by atoms with van der Waals surface area (Å²) in [4.78, 5) is 12.5. The first-order chi connectivity index (χ1) is 12.6. The van der Waals surface area contributed by atoms with Gasteiger partial charge in [-0.1, -0.05) is 36.4 Å². The predicted molar refractivity (Wildman–Crippen MR) is 104 cm³/mol. The van der Waals surface area contributed by atoms with Gasteiger partial charge in [-0.3, -0.25) is 4.79 Å². The molecule has 2 fully saturated rings. The molecule has 0 spiro atoms. The Morgan fingerprint density at radius 3 is 2.63 bits per heavy atom. The topological polar surface area (TPSA) is 73.1 Å². The Balaban J connectivity index is 0.00000180. The summed E-state index contributed by atoms with van der Waals surface area (Å²) in [5.41, 5.74) is 3.21. The van der Waals surface area contributed by atoms with Crippen molar-refractivity contribution in [2.24, 2.45) is 11.3 Å². The molecule has 4 atom stereocenters. The molecule has 4 unspecified atom stereocenters. The van der Waals surface area contributed by atoms with Crippen LogP contribution in [0.4, 0.5) is 0 Å². The molecule has 2 N–H and O–H groups in total. The summed E-state index contributed by atoms with van der Waals surface area (Å²) in [5, 5.41) is 22.9. The van der Waals surface area contributed by atoms with Crippen LogP contribution in [0.2, 0.25) is 0 Å². The van der Waals surface area contributed by atoms with E-state index in [0.717, 1.165) is 24.9 Å². The molecule has 0 radical (unpaired) electrons. The number of carbonyl (C=O) groups is 1. The highest BCUT2D eigenvalue weighted by Gasteiger charge is 2.68. The Hall–Kier alpha value is -2.35. The summed E-state index contributed by atoms with van der Waals surface area (Å²) < 4.78 is 0. The monoisotopic (exact) mass is 380 g/mol. The summed E-state index contributed by atoms with van der Waals surface area (Å²) in [5.74, 6) is -0.588. The summed E-state index contributed by atoms with van der Waals surface area (Å²) in [7, 11) is 0. The van der Waals surface area contributed by atoms with E-state index in [2.05, 4.69) is 29.6 Å². The van der Waals surface area contributed by atoms with E-state index >= 15 is 0 Å². The number of hydrogen-bond donors (Lipinski definition) is 2. The van der Waals surface area contributed by atoms with Crippen LogP contribution < -0.4 is 5.32 Å². The zero-order valence-corrected chi connectivity index (χ0v) is 15.6. The van der Waals surface area contributed by atoms with Crippen LogP contribution in [0.25, 0.3) is 0 Å². The number of carboxylic acid groups (broad SMARTS) is 1. The number of rotatable bonds is 2. The van der Waals surface area contributed by atoms with Gasteiger partial charge in [-0.15, -0.1) is 12.4 Å². The Morgan fingerprint density at radius 2 is 1.93 bits per heavy atom. The van der Waals surface area contributed by atoms with E-state index < -0.39 is 11.4 Å². The van der Waals surface area contributed by atoms with Crippen LogP contribution in [0, 0.1) is 22.7 Å². The van der Waals surface area contributed by atoms with E-state index in [1.54, 1.807) is 0 Å². The number of halogens is 1. The number of fused-ring (bicyclic) bond motifs is 1.